The molecule has 180 valence electrons. The lowest BCUT2D eigenvalue weighted by Gasteiger charge is -2.32. The standard InChI is InChI=1S/C23H17BrClF3O6/c24-12-1-2-15(18(9-12)33-6-5-32-13-7-11(8-13)22(30)31)19-10-17(29)14-3-4-16(23(26,27)28)20(25)21(14)34-19/h1-4,9-11,13H,5-8H2,(H,30,31)/t11-,13+. The summed E-state index contributed by atoms with van der Waals surface area (Å²) in [5.41, 5.74) is -1.69. The summed E-state index contributed by atoms with van der Waals surface area (Å²) in [6, 6.07) is 7.82. The van der Waals surface area contributed by atoms with Gasteiger partial charge in [-0.1, -0.05) is 27.5 Å². The maximum Gasteiger partial charge on any atom is 0.417 e. The van der Waals surface area contributed by atoms with Crippen molar-refractivity contribution in [3.8, 4) is 17.1 Å². The lowest BCUT2D eigenvalue weighted by atomic mass is 9.82. The highest BCUT2D eigenvalue weighted by atomic mass is 79.9. The summed E-state index contributed by atoms with van der Waals surface area (Å²) in [5, 5.41) is 8.14. The molecule has 0 aliphatic heterocycles. The van der Waals surface area contributed by atoms with Crippen LogP contribution in [0.25, 0.3) is 22.3 Å². The summed E-state index contributed by atoms with van der Waals surface area (Å²) >= 11 is 9.29. The van der Waals surface area contributed by atoms with Crippen molar-refractivity contribution in [2.45, 2.75) is 25.1 Å². The van der Waals surface area contributed by atoms with Crippen LogP contribution in [-0.4, -0.2) is 30.4 Å². The van der Waals surface area contributed by atoms with Gasteiger partial charge in [0.25, 0.3) is 0 Å². The van der Waals surface area contributed by atoms with Gasteiger partial charge in [-0.05, 0) is 43.2 Å². The maximum atomic E-state index is 13.3. The SMILES string of the molecule is O=c1cc(-c2ccc(Br)cc2OCCO[C@H]2C[C@@H](C(=O)O)C2)oc2c(Cl)c(C(F)(F)F)ccc12. The highest BCUT2D eigenvalue weighted by Crippen LogP contribution is 2.40. The Hall–Kier alpha value is -2.56. The second kappa shape index (κ2) is 9.59. The van der Waals surface area contributed by atoms with Gasteiger partial charge in [0.1, 0.15) is 18.1 Å². The number of hydrogen-bond donors (Lipinski definition) is 1. The third-order valence-electron chi connectivity index (χ3n) is 5.49. The number of rotatable bonds is 7. The van der Waals surface area contributed by atoms with E-state index in [1.54, 1.807) is 18.2 Å². The molecule has 0 bridgehead atoms. The van der Waals surface area contributed by atoms with Crippen LogP contribution >= 0.6 is 27.5 Å². The van der Waals surface area contributed by atoms with E-state index < -0.39 is 28.2 Å². The zero-order valence-electron chi connectivity index (χ0n) is 17.3. The molecule has 1 heterocycles. The molecule has 1 N–H and O–H groups in total. The molecule has 0 radical (unpaired) electrons. The molecule has 1 aliphatic rings. The van der Waals surface area contributed by atoms with Gasteiger partial charge < -0.3 is 19.0 Å². The Balaban J connectivity index is 1.58. The fourth-order valence-electron chi connectivity index (χ4n) is 3.63. The molecular formula is C23H17BrClF3O6. The quantitative estimate of drug-likeness (QED) is 0.348. The van der Waals surface area contributed by atoms with Gasteiger partial charge in [0, 0.05) is 10.5 Å². The van der Waals surface area contributed by atoms with Crippen molar-refractivity contribution in [3.63, 3.8) is 0 Å². The number of aliphatic carboxylic acids is 1. The van der Waals surface area contributed by atoms with Crippen LogP contribution in [0.5, 0.6) is 5.75 Å². The van der Waals surface area contributed by atoms with E-state index in [0.29, 0.717) is 28.6 Å². The Morgan fingerprint density at radius 2 is 1.91 bits per heavy atom. The molecule has 0 amide bonds. The first-order valence-electron chi connectivity index (χ1n) is 10.1. The average molecular weight is 562 g/mol. The molecule has 1 fully saturated rings. The molecule has 1 aliphatic carbocycles. The molecule has 0 atom stereocenters. The minimum Gasteiger partial charge on any atom is -0.490 e. The number of benzene rings is 2. The molecule has 1 saturated carbocycles. The first kappa shape index (κ1) is 24.6. The smallest absolute Gasteiger partial charge is 0.417 e. The summed E-state index contributed by atoms with van der Waals surface area (Å²) in [7, 11) is 0. The second-order valence-electron chi connectivity index (χ2n) is 7.76. The Morgan fingerprint density at radius 1 is 1.18 bits per heavy atom. The highest BCUT2D eigenvalue weighted by molar-refractivity contribution is 9.10. The number of alkyl halides is 3. The summed E-state index contributed by atoms with van der Waals surface area (Å²) in [4.78, 5) is 23.5. The van der Waals surface area contributed by atoms with Crippen molar-refractivity contribution in [3.05, 3.63) is 61.7 Å². The van der Waals surface area contributed by atoms with E-state index >= 15 is 0 Å². The number of carbonyl (C=O) groups is 1. The average Bonchev–Trinajstić information content (AvgIpc) is 2.71. The Kier molecular flexibility index (Phi) is 6.93. The van der Waals surface area contributed by atoms with E-state index in [1.165, 1.54) is 6.07 Å². The Labute approximate surface area is 204 Å². The third-order valence-corrected chi connectivity index (χ3v) is 6.36. The van der Waals surface area contributed by atoms with Gasteiger partial charge in [-0.15, -0.1) is 0 Å². The molecule has 0 unspecified atom stereocenters. The second-order valence-corrected chi connectivity index (χ2v) is 9.06. The van der Waals surface area contributed by atoms with Crippen molar-refractivity contribution in [1.29, 1.82) is 0 Å². The van der Waals surface area contributed by atoms with E-state index in [1.807, 2.05) is 0 Å². The summed E-state index contributed by atoms with van der Waals surface area (Å²) in [6.07, 6.45) is -3.97. The molecular weight excluding hydrogens is 545 g/mol. The van der Waals surface area contributed by atoms with Crippen LogP contribution in [-0.2, 0) is 15.7 Å². The van der Waals surface area contributed by atoms with Gasteiger partial charge in [0.15, 0.2) is 11.0 Å². The molecule has 0 spiro atoms. The van der Waals surface area contributed by atoms with Gasteiger partial charge >= 0.3 is 12.1 Å². The van der Waals surface area contributed by atoms with E-state index in [0.717, 1.165) is 12.1 Å². The van der Waals surface area contributed by atoms with Crippen LogP contribution in [0.3, 0.4) is 0 Å². The normalized spacial score (nSPS) is 18.0. The minimum absolute atomic E-state index is 0.00886. The molecule has 11 heteroatoms. The molecule has 2 aromatic carbocycles. The topological polar surface area (TPSA) is 86.0 Å². The maximum absolute atomic E-state index is 13.3. The van der Waals surface area contributed by atoms with Gasteiger partial charge in [-0.3, -0.25) is 9.59 Å². The van der Waals surface area contributed by atoms with Crippen LogP contribution in [0.15, 0.2) is 50.1 Å². The molecule has 1 aromatic heterocycles. The van der Waals surface area contributed by atoms with Crippen LogP contribution < -0.4 is 10.2 Å². The predicted octanol–water partition coefficient (Wildman–Crippen LogP) is 6.15. The minimum atomic E-state index is -4.71. The van der Waals surface area contributed by atoms with Gasteiger partial charge in [-0.2, -0.15) is 13.2 Å². The fourth-order valence-corrected chi connectivity index (χ4v) is 4.28. The zero-order valence-corrected chi connectivity index (χ0v) is 19.7. The first-order chi connectivity index (χ1) is 16.0. The number of ether oxygens (including phenoxy) is 2. The lowest BCUT2D eigenvalue weighted by Crippen LogP contribution is -2.37. The number of hydrogen-bond acceptors (Lipinski definition) is 5. The van der Waals surface area contributed by atoms with Gasteiger partial charge in [0.2, 0.25) is 0 Å². The number of halogens is 5. The number of carboxylic acid groups (broad SMARTS) is 1. The van der Waals surface area contributed by atoms with Crippen molar-refractivity contribution in [2.75, 3.05) is 13.2 Å². The van der Waals surface area contributed by atoms with Crippen molar-refractivity contribution in [2.24, 2.45) is 5.92 Å². The van der Waals surface area contributed by atoms with E-state index in [2.05, 4.69) is 15.9 Å². The summed E-state index contributed by atoms with van der Waals surface area (Å²) in [6.45, 7) is 0.319. The molecule has 0 saturated heterocycles. The third kappa shape index (κ3) is 5.08. The molecule has 4 rings (SSSR count). The van der Waals surface area contributed by atoms with Crippen LogP contribution in [0.2, 0.25) is 5.02 Å². The van der Waals surface area contributed by atoms with E-state index in [9.17, 15) is 22.8 Å². The van der Waals surface area contributed by atoms with Crippen molar-refractivity contribution in [1.82, 2.24) is 0 Å². The molecule has 6 nitrogen and oxygen atoms in total. The van der Waals surface area contributed by atoms with Crippen molar-refractivity contribution < 1.29 is 37.0 Å². The van der Waals surface area contributed by atoms with Crippen LogP contribution in [0, 0.1) is 5.92 Å². The lowest BCUT2D eigenvalue weighted by molar-refractivity contribution is -0.151. The largest absolute Gasteiger partial charge is 0.490 e. The summed E-state index contributed by atoms with van der Waals surface area (Å²) in [5.74, 6) is -0.927. The van der Waals surface area contributed by atoms with Gasteiger partial charge in [0.05, 0.1) is 40.2 Å². The van der Waals surface area contributed by atoms with E-state index in [-0.39, 0.29) is 42.0 Å². The van der Waals surface area contributed by atoms with E-state index in [4.69, 9.17) is 30.6 Å². The monoisotopic (exact) mass is 560 g/mol. The van der Waals surface area contributed by atoms with Crippen LogP contribution in [0.4, 0.5) is 13.2 Å². The highest BCUT2D eigenvalue weighted by Gasteiger charge is 2.35. The predicted molar refractivity (Wildman–Crippen MR) is 121 cm³/mol. The van der Waals surface area contributed by atoms with Gasteiger partial charge in [-0.25, -0.2) is 0 Å². The fraction of sp³-hybridized carbons (Fsp3) is 0.304. The zero-order chi connectivity index (χ0) is 24.6. The number of fused-ring (bicyclic) bond motifs is 1. The molecule has 34 heavy (non-hydrogen) atoms. The van der Waals surface area contributed by atoms with Crippen molar-refractivity contribution >= 4 is 44.5 Å². The Bertz CT molecular complexity index is 1300. The summed E-state index contributed by atoms with van der Waals surface area (Å²) < 4.78 is 57.5. The Morgan fingerprint density at radius 3 is 2.59 bits per heavy atom. The van der Waals surface area contributed by atoms with Crippen LogP contribution in [0.1, 0.15) is 18.4 Å². The molecule has 3 aromatic rings. The number of carboxylic acids is 1. The first-order valence-corrected chi connectivity index (χ1v) is 11.3.